The molecule has 3 rings (SSSR count). The van der Waals surface area contributed by atoms with E-state index in [0.29, 0.717) is 10.9 Å². The molecule has 0 spiro atoms. The van der Waals surface area contributed by atoms with Gasteiger partial charge in [-0.1, -0.05) is 36.4 Å². The minimum atomic E-state index is -3.11. The third kappa shape index (κ3) is 3.34. The lowest BCUT2D eigenvalue weighted by Gasteiger charge is -2.12. The van der Waals surface area contributed by atoms with Gasteiger partial charge >= 0.3 is 0 Å². The van der Waals surface area contributed by atoms with Crippen molar-refractivity contribution in [3.63, 3.8) is 0 Å². The number of nitrogens with one attached hydrogen (secondary N) is 1. The average Bonchev–Trinajstić information content (AvgIpc) is 2.87. The fraction of sp³-hybridized carbons (Fsp3) is 0.294. The molecule has 0 bridgehead atoms. The lowest BCUT2D eigenvalue weighted by molar-refractivity contribution is 0.532. The van der Waals surface area contributed by atoms with Crippen LogP contribution in [-0.2, 0) is 29.2 Å². The third-order valence-electron chi connectivity index (χ3n) is 4.00. The Bertz CT molecular complexity index is 711. The fourth-order valence-corrected chi connectivity index (χ4v) is 3.45. The molecule has 21 heavy (non-hydrogen) atoms. The van der Waals surface area contributed by atoms with Gasteiger partial charge in [-0.2, -0.15) is 0 Å². The standard InChI is InChI=1S/C17H19NO2S/c1-21(19,20)17-8-6-13(7-9-17)12-18-16-10-14-4-2-3-5-15(14)11-16/h2-9,16,18H,10-12H2,1H3. The third-order valence-corrected chi connectivity index (χ3v) is 5.13. The Morgan fingerprint density at radius 1 is 1.00 bits per heavy atom. The maximum absolute atomic E-state index is 11.4. The maximum Gasteiger partial charge on any atom is 0.175 e. The van der Waals surface area contributed by atoms with E-state index in [1.807, 2.05) is 12.1 Å². The Hall–Kier alpha value is -1.65. The average molecular weight is 301 g/mol. The summed E-state index contributed by atoms with van der Waals surface area (Å²) in [7, 11) is -3.11. The summed E-state index contributed by atoms with van der Waals surface area (Å²) in [5.74, 6) is 0. The van der Waals surface area contributed by atoms with E-state index >= 15 is 0 Å². The molecule has 0 heterocycles. The van der Waals surface area contributed by atoms with Crippen LogP contribution in [0.4, 0.5) is 0 Å². The van der Waals surface area contributed by atoms with Crippen LogP contribution in [0.3, 0.4) is 0 Å². The first kappa shape index (κ1) is 14.3. The highest BCUT2D eigenvalue weighted by molar-refractivity contribution is 7.90. The van der Waals surface area contributed by atoms with Gasteiger partial charge in [0, 0.05) is 18.8 Å². The molecule has 0 saturated carbocycles. The van der Waals surface area contributed by atoms with Crippen molar-refractivity contribution >= 4 is 9.84 Å². The van der Waals surface area contributed by atoms with Gasteiger partial charge in [-0.05, 0) is 41.7 Å². The Kier molecular flexibility index (Phi) is 3.83. The van der Waals surface area contributed by atoms with Crippen molar-refractivity contribution in [3.8, 4) is 0 Å². The van der Waals surface area contributed by atoms with Crippen LogP contribution in [0.5, 0.6) is 0 Å². The number of rotatable bonds is 4. The van der Waals surface area contributed by atoms with Crippen LogP contribution in [0.1, 0.15) is 16.7 Å². The van der Waals surface area contributed by atoms with Crippen molar-refractivity contribution in [3.05, 3.63) is 65.2 Å². The fourth-order valence-electron chi connectivity index (χ4n) is 2.82. The van der Waals surface area contributed by atoms with Gasteiger partial charge in [0.2, 0.25) is 0 Å². The van der Waals surface area contributed by atoms with Crippen LogP contribution in [0.15, 0.2) is 53.4 Å². The number of benzene rings is 2. The molecule has 1 aliphatic rings. The van der Waals surface area contributed by atoms with Crippen LogP contribution < -0.4 is 5.32 Å². The summed E-state index contributed by atoms with van der Waals surface area (Å²) in [6.07, 6.45) is 3.37. The zero-order chi connectivity index (χ0) is 14.9. The van der Waals surface area contributed by atoms with Crippen molar-refractivity contribution in [2.45, 2.75) is 30.3 Å². The molecule has 0 fully saturated rings. The van der Waals surface area contributed by atoms with Gasteiger partial charge in [0.05, 0.1) is 4.90 Å². The quantitative estimate of drug-likeness (QED) is 0.943. The lowest BCUT2D eigenvalue weighted by atomic mass is 10.1. The summed E-state index contributed by atoms with van der Waals surface area (Å²) in [4.78, 5) is 0.375. The van der Waals surface area contributed by atoms with E-state index in [1.165, 1.54) is 17.4 Å². The summed E-state index contributed by atoms with van der Waals surface area (Å²) in [6, 6.07) is 16.1. The second-order valence-corrected chi connectivity index (χ2v) is 7.69. The second kappa shape index (κ2) is 5.62. The highest BCUT2D eigenvalue weighted by Gasteiger charge is 2.20. The second-order valence-electron chi connectivity index (χ2n) is 5.67. The molecule has 0 unspecified atom stereocenters. The normalized spacial score (nSPS) is 15.1. The molecule has 2 aromatic rings. The topological polar surface area (TPSA) is 46.2 Å². The Labute approximate surface area is 125 Å². The Balaban J connectivity index is 1.60. The minimum Gasteiger partial charge on any atom is -0.309 e. The summed E-state index contributed by atoms with van der Waals surface area (Å²) in [5.41, 5.74) is 3.98. The van der Waals surface area contributed by atoms with Gasteiger partial charge < -0.3 is 5.32 Å². The molecule has 0 amide bonds. The van der Waals surface area contributed by atoms with Gasteiger partial charge in [0.15, 0.2) is 9.84 Å². The first-order valence-electron chi connectivity index (χ1n) is 7.11. The van der Waals surface area contributed by atoms with Crippen LogP contribution in [0.25, 0.3) is 0 Å². The molecule has 0 atom stereocenters. The van der Waals surface area contributed by atoms with Gasteiger partial charge in [-0.3, -0.25) is 0 Å². The van der Waals surface area contributed by atoms with E-state index in [-0.39, 0.29) is 0 Å². The van der Waals surface area contributed by atoms with Crippen LogP contribution in [0, 0.1) is 0 Å². The summed E-state index contributed by atoms with van der Waals surface area (Å²) < 4.78 is 22.8. The van der Waals surface area contributed by atoms with Crippen molar-refractivity contribution in [1.29, 1.82) is 0 Å². The SMILES string of the molecule is CS(=O)(=O)c1ccc(CNC2Cc3ccccc3C2)cc1. The first-order valence-corrected chi connectivity index (χ1v) is 9.01. The smallest absolute Gasteiger partial charge is 0.175 e. The minimum absolute atomic E-state index is 0.375. The molecule has 110 valence electrons. The van der Waals surface area contributed by atoms with E-state index < -0.39 is 9.84 Å². The van der Waals surface area contributed by atoms with Gasteiger partial charge in [-0.25, -0.2) is 8.42 Å². The van der Waals surface area contributed by atoms with E-state index in [4.69, 9.17) is 0 Å². The first-order chi connectivity index (χ1) is 10.0. The summed E-state index contributed by atoms with van der Waals surface area (Å²) in [5, 5.41) is 3.55. The number of hydrogen-bond donors (Lipinski definition) is 1. The predicted molar refractivity (Wildman–Crippen MR) is 84.0 cm³/mol. The zero-order valence-corrected chi connectivity index (χ0v) is 12.9. The van der Waals surface area contributed by atoms with Crippen LogP contribution in [0.2, 0.25) is 0 Å². The molecule has 0 aromatic heterocycles. The number of fused-ring (bicyclic) bond motifs is 1. The number of sulfone groups is 1. The van der Waals surface area contributed by atoms with Crippen molar-refractivity contribution in [2.75, 3.05) is 6.26 Å². The predicted octanol–water partition coefficient (Wildman–Crippen LogP) is 2.35. The molecule has 4 heteroatoms. The molecular formula is C17H19NO2S. The van der Waals surface area contributed by atoms with Crippen molar-refractivity contribution in [1.82, 2.24) is 5.32 Å². The van der Waals surface area contributed by atoms with Gasteiger partial charge in [0.1, 0.15) is 0 Å². The van der Waals surface area contributed by atoms with Crippen molar-refractivity contribution < 1.29 is 8.42 Å². The number of hydrogen-bond acceptors (Lipinski definition) is 3. The van der Waals surface area contributed by atoms with Crippen LogP contribution in [-0.4, -0.2) is 20.7 Å². The van der Waals surface area contributed by atoms with E-state index in [9.17, 15) is 8.42 Å². The molecule has 0 radical (unpaired) electrons. The maximum atomic E-state index is 11.4. The monoisotopic (exact) mass is 301 g/mol. The van der Waals surface area contributed by atoms with Crippen molar-refractivity contribution in [2.24, 2.45) is 0 Å². The van der Waals surface area contributed by atoms with Crippen LogP contribution >= 0.6 is 0 Å². The molecule has 3 nitrogen and oxygen atoms in total. The molecule has 1 N–H and O–H groups in total. The highest BCUT2D eigenvalue weighted by Crippen LogP contribution is 2.22. The summed E-state index contributed by atoms with van der Waals surface area (Å²) in [6.45, 7) is 0.767. The largest absolute Gasteiger partial charge is 0.309 e. The zero-order valence-electron chi connectivity index (χ0n) is 12.0. The molecule has 2 aromatic carbocycles. The molecular weight excluding hydrogens is 282 g/mol. The molecule has 0 aliphatic heterocycles. The molecule has 1 aliphatic carbocycles. The Morgan fingerprint density at radius 3 is 2.10 bits per heavy atom. The molecule has 0 saturated heterocycles. The van der Waals surface area contributed by atoms with E-state index in [1.54, 1.807) is 12.1 Å². The lowest BCUT2D eigenvalue weighted by Crippen LogP contribution is -2.28. The summed E-state index contributed by atoms with van der Waals surface area (Å²) >= 11 is 0. The van der Waals surface area contributed by atoms with Gasteiger partial charge in [-0.15, -0.1) is 0 Å². The van der Waals surface area contributed by atoms with E-state index in [2.05, 4.69) is 29.6 Å². The Morgan fingerprint density at radius 2 is 1.57 bits per heavy atom. The highest BCUT2D eigenvalue weighted by atomic mass is 32.2. The van der Waals surface area contributed by atoms with E-state index in [0.717, 1.165) is 24.9 Å². The van der Waals surface area contributed by atoms with Gasteiger partial charge in [0.25, 0.3) is 0 Å².